The lowest BCUT2D eigenvalue weighted by Crippen LogP contribution is -2.28. The highest BCUT2D eigenvalue weighted by Crippen LogP contribution is 2.20. The van der Waals surface area contributed by atoms with Gasteiger partial charge in [-0.1, -0.05) is 12.1 Å². The summed E-state index contributed by atoms with van der Waals surface area (Å²) in [5.74, 6) is -0.868. The van der Waals surface area contributed by atoms with Gasteiger partial charge in [0, 0.05) is 4.90 Å². The second-order valence-electron chi connectivity index (χ2n) is 3.01. The van der Waals surface area contributed by atoms with Crippen molar-refractivity contribution < 1.29 is 19.7 Å². The number of aliphatic hydroxyl groups excluding tert-OH is 2. The van der Waals surface area contributed by atoms with Crippen molar-refractivity contribution in [1.82, 2.24) is 0 Å². The monoisotopic (exact) mass is 228 g/mol. The van der Waals surface area contributed by atoms with Crippen LogP contribution < -0.4 is 0 Å². The number of thiol groups is 1. The van der Waals surface area contributed by atoms with E-state index >= 15 is 0 Å². The first-order valence-electron chi connectivity index (χ1n) is 4.29. The number of carbonyl (C=O) groups is 1. The Morgan fingerprint density at radius 2 is 2.13 bits per heavy atom. The number of hydrogen-bond acceptors (Lipinski definition) is 5. The number of ether oxygens (including phenoxy) is 1. The van der Waals surface area contributed by atoms with Crippen molar-refractivity contribution in [3.05, 3.63) is 29.8 Å². The van der Waals surface area contributed by atoms with Crippen molar-refractivity contribution in [2.75, 3.05) is 7.11 Å². The molecule has 2 atom stereocenters. The Kier molecular flexibility index (Phi) is 4.14. The first kappa shape index (κ1) is 12.0. The quantitative estimate of drug-likeness (QED) is 0.522. The van der Waals surface area contributed by atoms with Gasteiger partial charge in [0.1, 0.15) is 6.10 Å². The molecule has 82 valence electrons. The van der Waals surface area contributed by atoms with Gasteiger partial charge < -0.3 is 14.9 Å². The number of hydrogen-bond donors (Lipinski definition) is 3. The van der Waals surface area contributed by atoms with Gasteiger partial charge in [-0.05, 0) is 17.7 Å². The molecule has 4 nitrogen and oxygen atoms in total. The van der Waals surface area contributed by atoms with Crippen LogP contribution in [0.25, 0.3) is 0 Å². The van der Waals surface area contributed by atoms with E-state index in [2.05, 4.69) is 17.4 Å². The zero-order valence-electron chi connectivity index (χ0n) is 8.12. The predicted octanol–water partition coefficient (Wildman–Crippen LogP) is 0.543. The number of rotatable bonds is 3. The smallest absolute Gasteiger partial charge is 0.337 e. The van der Waals surface area contributed by atoms with Crippen LogP contribution in [0, 0.1) is 0 Å². The Labute approximate surface area is 92.9 Å². The molecule has 5 heteroatoms. The SMILES string of the molecule is COC(=O)C(O)C(O)c1cccc(S)c1. The third-order valence-electron chi connectivity index (χ3n) is 1.95. The fourth-order valence-corrected chi connectivity index (χ4v) is 1.38. The normalized spacial score (nSPS) is 14.4. The molecular weight excluding hydrogens is 216 g/mol. The number of carbonyl (C=O) groups excluding carboxylic acids is 1. The third-order valence-corrected chi connectivity index (χ3v) is 2.23. The van der Waals surface area contributed by atoms with Crippen LogP contribution in [-0.4, -0.2) is 29.4 Å². The van der Waals surface area contributed by atoms with Crippen molar-refractivity contribution in [2.45, 2.75) is 17.1 Å². The van der Waals surface area contributed by atoms with E-state index in [0.717, 1.165) is 7.11 Å². The van der Waals surface area contributed by atoms with Crippen LogP contribution in [0.15, 0.2) is 29.2 Å². The molecule has 1 rings (SSSR count). The molecule has 1 aromatic carbocycles. The van der Waals surface area contributed by atoms with Gasteiger partial charge in [-0.25, -0.2) is 4.79 Å². The molecule has 0 saturated heterocycles. The molecule has 0 spiro atoms. The summed E-state index contributed by atoms with van der Waals surface area (Å²) in [6, 6.07) is 6.56. The third kappa shape index (κ3) is 2.95. The van der Waals surface area contributed by atoms with Crippen LogP contribution in [0.4, 0.5) is 0 Å². The number of benzene rings is 1. The van der Waals surface area contributed by atoms with Gasteiger partial charge in [-0.3, -0.25) is 0 Å². The molecule has 0 heterocycles. The van der Waals surface area contributed by atoms with Crippen LogP contribution in [0.3, 0.4) is 0 Å². The highest BCUT2D eigenvalue weighted by molar-refractivity contribution is 7.80. The van der Waals surface area contributed by atoms with Crippen molar-refractivity contribution in [3.8, 4) is 0 Å². The standard InChI is InChI=1S/C10H12O4S/c1-14-10(13)9(12)8(11)6-3-2-4-7(15)5-6/h2-5,8-9,11-12,15H,1H3. The maximum Gasteiger partial charge on any atom is 0.337 e. The summed E-state index contributed by atoms with van der Waals surface area (Å²) in [5, 5.41) is 19.0. The minimum absolute atomic E-state index is 0.417. The molecule has 0 radical (unpaired) electrons. The molecule has 15 heavy (non-hydrogen) atoms. The van der Waals surface area contributed by atoms with Crippen molar-refractivity contribution in [1.29, 1.82) is 0 Å². The molecule has 0 aliphatic carbocycles. The molecule has 2 unspecified atom stereocenters. The van der Waals surface area contributed by atoms with Gasteiger partial charge in [-0.2, -0.15) is 0 Å². The van der Waals surface area contributed by atoms with E-state index in [-0.39, 0.29) is 0 Å². The van der Waals surface area contributed by atoms with E-state index in [1.165, 1.54) is 0 Å². The molecule has 2 N–H and O–H groups in total. The van der Waals surface area contributed by atoms with Crippen LogP contribution in [0.2, 0.25) is 0 Å². The van der Waals surface area contributed by atoms with Crippen LogP contribution >= 0.6 is 12.6 Å². The Balaban J connectivity index is 2.84. The summed E-state index contributed by atoms with van der Waals surface area (Å²) in [6.45, 7) is 0. The summed E-state index contributed by atoms with van der Waals surface area (Å²) in [4.78, 5) is 11.6. The van der Waals surface area contributed by atoms with E-state index < -0.39 is 18.2 Å². The molecule has 1 aromatic rings. The first-order chi connectivity index (χ1) is 7.06. The Morgan fingerprint density at radius 3 is 2.67 bits per heavy atom. The van der Waals surface area contributed by atoms with E-state index in [1.807, 2.05) is 0 Å². The zero-order chi connectivity index (χ0) is 11.4. The molecule has 0 fully saturated rings. The molecule has 0 saturated carbocycles. The van der Waals surface area contributed by atoms with Gasteiger partial charge in [0.15, 0.2) is 6.10 Å². The lowest BCUT2D eigenvalue weighted by molar-refractivity contribution is -0.156. The zero-order valence-corrected chi connectivity index (χ0v) is 9.02. The Hall–Kier alpha value is -1.04. The average molecular weight is 228 g/mol. The van der Waals surface area contributed by atoms with Gasteiger partial charge in [0.25, 0.3) is 0 Å². The largest absolute Gasteiger partial charge is 0.467 e. The molecule has 0 amide bonds. The first-order valence-corrected chi connectivity index (χ1v) is 4.74. The van der Waals surface area contributed by atoms with Crippen molar-refractivity contribution in [3.63, 3.8) is 0 Å². The van der Waals surface area contributed by atoms with Crippen molar-refractivity contribution in [2.24, 2.45) is 0 Å². The van der Waals surface area contributed by atoms with Gasteiger partial charge in [0.05, 0.1) is 7.11 Å². The van der Waals surface area contributed by atoms with Crippen LogP contribution in [-0.2, 0) is 9.53 Å². The summed E-state index contributed by atoms with van der Waals surface area (Å²) >= 11 is 4.08. The van der Waals surface area contributed by atoms with Gasteiger partial charge >= 0.3 is 5.97 Å². The molecule has 0 aliphatic rings. The van der Waals surface area contributed by atoms with E-state index in [1.54, 1.807) is 24.3 Å². The maximum atomic E-state index is 11.0. The molecular formula is C10H12O4S. The highest BCUT2D eigenvalue weighted by Gasteiger charge is 2.26. The summed E-state index contributed by atoms with van der Waals surface area (Å²) < 4.78 is 4.32. The van der Waals surface area contributed by atoms with Crippen LogP contribution in [0.5, 0.6) is 0 Å². The number of aliphatic hydroxyl groups is 2. The fraction of sp³-hybridized carbons (Fsp3) is 0.300. The van der Waals surface area contributed by atoms with E-state index in [4.69, 9.17) is 0 Å². The van der Waals surface area contributed by atoms with E-state index in [0.29, 0.717) is 10.5 Å². The minimum atomic E-state index is -1.58. The number of methoxy groups -OCH3 is 1. The predicted molar refractivity (Wildman–Crippen MR) is 56.7 cm³/mol. The molecule has 0 aromatic heterocycles. The minimum Gasteiger partial charge on any atom is -0.467 e. The lowest BCUT2D eigenvalue weighted by Gasteiger charge is -2.16. The Morgan fingerprint density at radius 1 is 1.47 bits per heavy atom. The summed E-state index contributed by atoms with van der Waals surface area (Å²) in [7, 11) is 1.15. The fourth-order valence-electron chi connectivity index (χ4n) is 1.14. The second-order valence-corrected chi connectivity index (χ2v) is 3.52. The van der Waals surface area contributed by atoms with Gasteiger partial charge in [0.2, 0.25) is 0 Å². The second kappa shape index (κ2) is 5.16. The average Bonchev–Trinajstić information content (AvgIpc) is 2.26. The lowest BCUT2D eigenvalue weighted by atomic mass is 10.0. The topological polar surface area (TPSA) is 66.8 Å². The van der Waals surface area contributed by atoms with Gasteiger partial charge in [-0.15, -0.1) is 12.6 Å². The van der Waals surface area contributed by atoms with E-state index in [9.17, 15) is 15.0 Å². The maximum absolute atomic E-state index is 11.0. The molecule has 0 aliphatic heterocycles. The molecule has 0 bridgehead atoms. The Bertz CT molecular complexity index is 353. The van der Waals surface area contributed by atoms with Crippen LogP contribution in [0.1, 0.15) is 11.7 Å². The number of esters is 1. The summed E-state index contributed by atoms with van der Waals surface area (Å²) in [6.07, 6.45) is -2.88. The summed E-state index contributed by atoms with van der Waals surface area (Å²) in [5.41, 5.74) is 0.417. The highest BCUT2D eigenvalue weighted by atomic mass is 32.1. The van der Waals surface area contributed by atoms with Crippen molar-refractivity contribution >= 4 is 18.6 Å².